The van der Waals surface area contributed by atoms with Gasteiger partial charge in [0.05, 0.1) is 0 Å². The Bertz CT molecular complexity index is 300. The Kier molecular flexibility index (Phi) is 22.3. The van der Waals surface area contributed by atoms with Crippen LogP contribution in [0.15, 0.2) is 0 Å². The first-order valence-corrected chi connectivity index (χ1v) is 13.0. The van der Waals surface area contributed by atoms with Crippen molar-refractivity contribution in [3.05, 3.63) is 0 Å². The summed E-state index contributed by atoms with van der Waals surface area (Å²) in [5.74, 6) is 0.427. The summed E-state index contributed by atoms with van der Waals surface area (Å²) in [5.41, 5.74) is 0. The first kappa shape index (κ1) is 27.5. The highest BCUT2D eigenvalue weighted by molar-refractivity contribution is 5.76. The van der Waals surface area contributed by atoms with Crippen LogP contribution in [0.1, 0.15) is 149 Å². The number of unbranched alkanes of at least 4 members (excludes halogenated alkanes) is 16. The fourth-order valence-electron chi connectivity index (χ4n) is 3.92. The van der Waals surface area contributed by atoms with Gasteiger partial charge in [-0.2, -0.15) is 0 Å². The molecule has 2 nitrogen and oxygen atoms in total. The van der Waals surface area contributed by atoms with Crippen molar-refractivity contribution in [1.29, 1.82) is 0 Å². The fourth-order valence-corrected chi connectivity index (χ4v) is 3.92. The average Bonchev–Trinajstić information content (AvgIpc) is 2.70. The predicted molar refractivity (Wildman–Crippen MR) is 126 cm³/mol. The van der Waals surface area contributed by atoms with Crippen molar-refractivity contribution in [2.45, 2.75) is 149 Å². The van der Waals surface area contributed by atoms with Gasteiger partial charge in [-0.15, -0.1) is 0 Å². The average molecular weight is 396 g/mol. The van der Waals surface area contributed by atoms with Gasteiger partial charge in [0.2, 0.25) is 5.91 Å². The Labute approximate surface area is 178 Å². The number of carbonyl (C=O) groups excluding carboxylic acids is 1. The minimum atomic E-state index is 0.427. The van der Waals surface area contributed by atoms with Crippen LogP contribution >= 0.6 is 0 Å². The molecule has 28 heavy (non-hydrogen) atoms. The molecule has 0 fully saturated rings. The molecule has 0 N–H and O–H groups in total. The zero-order valence-electron chi connectivity index (χ0n) is 19.9. The van der Waals surface area contributed by atoms with Gasteiger partial charge >= 0.3 is 0 Å². The first-order chi connectivity index (χ1) is 13.8. The van der Waals surface area contributed by atoms with Crippen molar-refractivity contribution in [2.75, 3.05) is 13.1 Å². The van der Waals surface area contributed by atoms with Crippen LogP contribution in [0.4, 0.5) is 0 Å². The van der Waals surface area contributed by atoms with E-state index in [-0.39, 0.29) is 0 Å². The van der Waals surface area contributed by atoms with Crippen LogP contribution in [0.5, 0.6) is 0 Å². The molecule has 0 aliphatic rings. The van der Waals surface area contributed by atoms with E-state index in [1.165, 1.54) is 116 Å². The van der Waals surface area contributed by atoms with Crippen molar-refractivity contribution >= 4 is 5.91 Å². The van der Waals surface area contributed by atoms with Crippen molar-refractivity contribution in [3.63, 3.8) is 0 Å². The topological polar surface area (TPSA) is 20.3 Å². The molecule has 0 saturated carbocycles. The third-order valence-corrected chi connectivity index (χ3v) is 5.91. The molecular weight excluding hydrogens is 342 g/mol. The molecule has 0 aromatic rings. The highest BCUT2D eigenvalue weighted by Gasteiger charge is 2.12. The molecule has 0 radical (unpaired) electrons. The van der Waals surface area contributed by atoms with Crippen LogP contribution in [0, 0.1) is 0 Å². The Hall–Kier alpha value is -0.530. The number of carbonyl (C=O) groups is 1. The van der Waals surface area contributed by atoms with Gasteiger partial charge in [-0.25, -0.2) is 0 Å². The number of nitrogens with zero attached hydrogens (tertiary/aromatic N) is 1. The lowest BCUT2D eigenvalue weighted by atomic mass is 10.1. The molecule has 2 heteroatoms. The van der Waals surface area contributed by atoms with Crippen LogP contribution in [0.2, 0.25) is 0 Å². The van der Waals surface area contributed by atoms with Gasteiger partial charge in [-0.1, -0.05) is 124 Å². The van der Waals surface area contributed by atoms with Crippen LogP contribution in [-0.4, -0.2) is 23.9 Å². The fraction of sp³-hybridized carbons (Fsp3) is 0.962. The van der Waals surface area contributed by atoms with E-state index in [4.69, 9.17) is 0 Å². The molecule has 0 heterocycles. The molecule has 0 rings (SSSR count). The summed E-state index contributed by atoms with van der Waals surface area (Å²) in [6.45, 7) is 8.79. The van der Waals surface area contributed by atoms with Crippen LogP contribution in [0.25, 0.3) is 0 Å². The summed E-state index contributed by atoms with van der Waals surface area (Å²) >= 11 is 0. The van der Waals surface area contributed by atoms with Crippen LogP contribution in [-0.2, 0) is 4.79 Å². The maximum absolute atomic E-state index is 12.7. The van der Waals surface area contributed by atoms with E-state index >= 15 is 0 Å². The van der Waals surface area contributed by atoms with Gasteiger partial charge in [0, 0.05) is 19.5 Å². The Morgan fingerprint density at radius 3 is 1.18 bits per heavy atom. The Balaban J connectivity index is 4.01. The molecule has 0 aromatic heterocycles. The lowest BCUT2D eigenvalue weighted by Gasteiger charge is -2.23. The summed E-state index contributed by atoms with van der Waals surface area (Å²) in [6.07, 6.45) is 25.5. The summed E-state index contributed by atoms with van der Waals surface area (Å²) < 4.78 is 0. The van der Waals surface area contributed by atoms with E-state index in [1.807, 2.05) is 0 Å². The molecule has 0 bridgehead atoms. The lowest BCUT2D eigenvalue weighted by Crippen LogP contribution is -2.32. The molecular formula is C26H53NO. The highest BCUT2D eigenvalue weighted by atomic mass is 16.2. The largest absolute Gasteiger partial charge is 0.343 e. The molecule has 0 unspecified atom stereocenters. The highest BCUT2D eigenvalue weighted by Crippen LogP contribution is 2.13. The summed E-state index contributed by atoms with van der Waals surface area (Å²) in [7, 11) is 0. The van der Waals surface area contributed by atoms with E-state index in [0.29, 0.717) is 5.91 Å². The minimum Gasteiger partial charge on any atom is -0.343 e. The summed E-state index contributed by atoms with van der Waals surface area (Å²) in [6, 6.07) is 0. The van der Waals surface area contributed by atoms with E-state index in [9.17, 15) is 4.79 Å². The van der Waals surface area contributed by atoms with Crippen LogP contribution in [0.3, 0.4) is 0 Å². The molecule has 0 aliphatic carbocycles. The minimum absolute atomic E-state index is 0.427. The maximum atomic E-state index is 12.7. The van der Waals surface area contributed by atoms with Gasteiger partial charge in [0.15, 0.2) is 0 Å². The molecule has 0 aliphatic heterocycles. The lowest BCUT2D eigenvalue weighted by molar-refractivity contribution is -0.131. The number of rotatable bonds is 22. The molecule has 0 spiro atoms. The molecule has 1 amide bonds. The van der Waals surface area contributed by atoms with Crippen molar-refractivity contribution in [3.8, 4) is 0 Å². The van der Waals surface area contributed by atoms with E-state index in [2.05, 4.69) is 25.7 Å². The second kappa shape index (κ2) is 22.8. The zero-order valence-corrected chi connectivity index (χ0v) is 19.9. The normalized spacial score (nSPS) is 11.1. The summed E-state index contributed by atoms with van der Waals surface area (Å²) in [5, 5.41) is 0. The third kappa shape index (κ3) is 18.8. The van der Waals surface area contributed by atoms with Gasteiger partial charge in [0.25, 0.3) is 0 Å². The quantitative estimate of drug-likeness (QED) is 0.168. The second-order valence-corrected chi connectivity index (χ2v) is 8.79. The molecule has 0 saturated heterocycles. The zero-order chi connectivity index (χ0) is 20.7. The first-order valence-electron chi connectivity index (χ1n) is 13.0. The monoisotopic (exact) mass is 395 g/mol. The standard InChI is InChI=1S/C26H53NO/c1-4-7-10-13-16-17-20-23-26(28)27(24-21-18-14-11-8-5-2)25-22-19-15-12-9-6-3/h4-25H2,1-3H3. The SMILES string of the molecule is CCCCCCCCCC(=O)N(CCCCCCCC)CCCCCCCC. The number of amides is 1. The van der Waals surface area contributed by atoms with Crippen molar-refractivity contribution in [2.24, 2.45) is 0 Å². The van der Waals surface area contributed by atoms with Gasteiger partial charge in [-0.3, -0.25) is 4.79 Å². The predicted octanol–water partition coefficient (Wildman–Crippen LogP) is 8.68. The summed E-state index contributed by atoms with van der Waals surface area (Å²) in [4.78, 5) is 14.9. The van der Waals surface area contributed by atoms with Gasteiger partial charge in [-0.05, 0) is 19.3 Å². The van der Waals surface area contributed by atoms with E-state index < -0.39 is 0 Å². The third-order valence-electron chi connectivity index (χ3n) is 5.91. The smallest absolute Gasteiger partial charge is 0.222 e. The van der Waals surface area contributed by atoms with Crippen molar-refractivity contribution < 1.29 is 4.79 Å². The van der Waals surface area contributed by atoms with E-state index in [1.54, 1.807) is 0 Å². The number of hydrogen-bond donors (Lipinski definition) is 0. The van der Waals surface area contributed by atoms with Crippen molar-refractivity contribution in [1.82, 2.24) is 4.90 Å². The van der Waals surface area contributed by atoms with Crippen LogP contribution < -0.4 is 0 Å². The molecule has 168 valence electrons. The molecule has 0 atom stereocenters. The Morgan fingerprint density at radius 2 is 0.786 bits per heavy atom. The van der Waals surface area contributed by atoms with E-state index in [0.717, 1.165) is 25.9 Å². The Morgan fingerprint density at radius 1 is 0.464 bits per heavy atom. The maximum Gasteiger partial charge on any atom is 0.222 e. The number of hydrogen-bond acceptors (Lipinski definition) is 1. The second-order valence-electron chi connectivity index (χ2n) is 8.79. The molecule has 0 aromatic carbocycles. The van der Waals surface area contributed by atoms with Gasteiger partial charge in [0.1, 0.15) is 0 Å². The van der Waals surface area contributed by atoms with Gasteiger partial charge < -0.3 is 4.90 Å².